The molecule has 1 aromatic heterocycles. The molecule has 0 atom stereocenters. The van der Waals surface area contributed by atoms with E-state index >= 15 is 0 Å². The van der Waals surface area contributed by atoms with Crippen LogP contribution in [0.25, 0.3) is 22.2 Å². The molecule has 0 saturated carbocycles. The molecule has 3 aromatic rings. The van der Waals surface area contributed by atoms with Crippen molar-refractivity contribution in [2.75, 3.05) is 5.75 Å². The van der Waals surface area contributed by atoms with Gasteiger partial charge in [0, 0.05) is 27.1 Å². The second kappa shape index (κ2) is 7.08. The first-order valence-electron chi connectivity index (χ1n) is 8.70. The van der Waals surface area contributed by atoms with Crippen molar-refractivity contribution in [3.05, 3.63) is 54.1 Å². The van der Waals surface area contributed by atoms with Crippen LogP contribution in [0.2, 0.25) is 0 Å². The fourth-order valence-corrected chi connectivity index (χ4v) is 6.75. The van der Waals surface area contributed by atoms with Crippen LogP contribution in [0.5, 0.6) is 0 Å². The molecule has 0 radical (unpaired) electrons. The summed E-state index contributed by atoms with van der Waals surface area (Å²) in [5, 5.41) is 7.86. The average molecular weight is 455 g/mol. The van der Waals surface area contributed by atoms with Gasteiger partial charge in [0.2, 0.25) is 0 Å². The zero-order chi connectivity index (χ0) is 21.0. The van der Waals surface area contributed by atoms with Gasteiger partial charge in [0.05, 0.1) is 12.2 Å². The Hall–Kier alpha value is -1.41. The van der Waals surface area contributed by atoms with Gasteiger partial charge < -0.3 is 29.2 Å². The molecule has 5 N–H and O–H groups in total. The number of aryl methyl sites for hydroxylation is 1. The van der Waals surface area contributed by atoms with Crippen LogP contribution in [0.4, 0.5) is 0 Å². The lowest BCUT2D eigenvalue weighted by atomic mass is 10.0. The molecule has 0 bridgehead atoms. The third-order valence-electron chi connectivity index (χ3n) is 5.13. The molecule has 29 heavy (non-hydrogen) atoms. The number of hydrogen-bond acceptors (Lipinski definition) is 4. The highest BCUT2D eigenvalue weighted by Gasteiger charge is 2.60. The number of thioether (sulfide) groups is 1. The van der Waals surface area contributed by atoms with Crippen molar-refractivity contribution in [2.24, 2.45) is 0 Å². The minimum absolute atomic E-state index is 0.541. The number of hydrogen-bond donors (Lipinski definition) is 5. The summed E-state index contributed by atoms with van der Waals surface area (Å²) < 4.78 is 25.4. The topological polar surface area (TPSA) is 140 Å². The first-order valence-corrected chi connectivity index (χ1v) is 12.9. The largest absolute Gasteiger partial charge is 0.371 e. The number of nitrogens with zero attached hydrogens (tertiary/aromatic N) is 1. The van der Waals surface area contributed by atoms with Gasteiger partial charge in [-0.05, 0) is 24.1 Å². The normalized spacial score (nSPS) is 15.1. The summed E-state index contributed by atoms with van der Waals surface area (Å²) in [5.74, 6) is 0.777. The third-order valence-corrected chi connectivity index (χ3v) is 9.92. The lowest BCUT2D eigenvalue weighted by Gasteiger charge is -2.30. The Labute approximate surface area is 170 Å². The minimum atomic E-state index is -5.59. The van der Waals surface area contributed by atoms with Crippen molar-refractivity contribution < 1.29 is 33.8 Å². The number of fused-ring (bicyclic) bond motifs is 5. The van der Waals surface area contributed by atoms with Crippen LogP contribution >= 0.6 is 27.0 Å². The quantitative estimate of drug-likeness (QED) is 0.378. The summed E-state index contributed by atoms with van der Waals surface area (Å²) in [6, 6.07) is 14.6. The predicted octanol–water partition coefficient (Wildman–Crippen LogP) is 2.96. The molecule has 8 nitrogen and oxygen atoms in total. The van der Waals surface area contributed by atoms with Gasteiger partial charge in [-0.15, -0.1) is 11.8 Å². The molecule has 0 amide bonds. The lowest BCUT2D eigenvalue weighted by molar-refractivity contribution is 0.116. The maximum Gasteiger partial charge on any atom is 0.371 e. The molecule has 0 unspecified atom stereocenters. The van der Waals surface area contributed by atoms with Gasteiger partial charge in [-0.25, -0.2) is 0 Å². The summed E-state index contributed by atoms with van der Waals surface area (Å²) in [4.78, 5) is 39.5. The second-order valence-corrected chi connectivity index (χ2v) is 12.0. The number of aliphatic hydroxyl groups is 1. The minimum Gasteiger partial charge on any atom is -0.366 e. The smallest absolute Gasteiger partial charge is 0.366 e. The Morgan fingerprint density at radius 3 is 2.28 bits per heavy atom. The summed E-state index contributed by atoms with van der Waals surface area (Å²) in [5.41, 5.74) is 2.85. The molecule has 0 aliphatic carbocycles. The van der Waals surface area contributed by atoms with Crippen molar-refractivity contribution in [3.8, 4) is 11.3 Å². The first-order chi connectivity index (χ1) is 13.5. The Kier molecular flexibility index (Phi) is 5.09. The van der Waals surface area contributed by atoms with Gasteiger partial charge in [-0.1, -0.05) is 36.4 Å². The number of aromatic nitrogens is 1. The van der Waals surface area contributed by atoms with E-state index in [2.05, 4.69) is 0 Å². The van der Waals surface area contributed by atoms with Crippen LogP contribution in [0.1, 0.15) is 5.56 Å². The highest BCUT2D eigenvalue weighted by Crippen LogP contribution is 2.68. The van der Waals surface area contributed by atoms with E-state index in [0.717, 1.165) is 27.2 Å². The lowest BCUT2D eigenvalue weighted by Crippen LogP contribution is -2.34. The van der Waals surface area contributed by atoms with Gasteiger partial charge in [0.25, 0.3) is 5.08 Å². The highest BCUT2D eigenvalue weighted by molar-refractivity contribution is 7.99. The molecule has 2 heterocycles. The van der Waals surface area contributed by atoms with Gasteiger partial charge in [-0.3, -0.25) is 9.13 Å². The van der Waals surface area contributed by atoms with E-state index in [1.54, 1.807) is 23.9 Å². The number of rotatable bonds is 4. The van der Waals surface area contributed by atoms with E-state index in [0.29, 0.717) is 17.6 Å². The maximum absolute atomic E-state index is 12.0. The van der Waals surface area contributed by atoms with Gasteiger partial charge in [0.15, 0.2) is 0 Å². The van der Waals surface area contributed by atoms with Crippen molar-refractivity contribution >= 4 is 37.9 Å². The molecule has 0 saturated heterocycles. The average Bonchev–Trinajstić information content (AvgIpc) is 2.81. The molecule has 1 aliphatic rings. The molecule has 154 valence electrons. The summed E-state index contributed by atoms with van der Waals surface area (Å²) in [6.45, 7) is -0.948. The Balaban J connectivity index is 2.06. The van der Waals surface area contributed by atoms with Gasteiger partial charge in [-0.2, -0.15) is 0 Å². The number of para-hydroxylation sites is 1. The zero-order valence-electron chi connectivity index (χ0n) is 15.0. The molecule has 2 aromatic carbocycles. The maximum atomic E-state index is 12.0. The van der Waals surface area contributed by atoms with E-state index < -0.39 is 26.8 Å². The van der Waals surface area contributed by atoms with Crippen molar-refractivity contribution in [1.29, 1.82) is 0 Å². The summed E-state index contributed by atoms with van der Waals surface area (Å²) in [6.07, 6.45) is 0.659. The Morgan fingerprint density at radius 2 is 1.59 bits per heavy atom. The molecule has 4 rings (SSSR count). The van der Waals surface area contributed by atoms with Crippen LogP contribution in [0.15, 0.2) is 53.4 Å². The van der Waals surface area contributed by atoms with E-state index in [-0.39, 0.29) is 0 Å². The van der Waals surface area contributed by atoms with E-state index in [9.17, 15) is 33.8 Å². The van der Waals surface area contributed by atoms with Crippen LogP contribution in [-0.4, -0.2) is 40.1 Å². The molecule has 0 spiro atoms. The zero-order valence-corrected chi connectivity index (χ0v) is 17.6. The van der Waals surface area contributed by atoms with Crippen LogP contribution in [-0.2, 0) is 22.1 Å². The van der Waals surface area contributed by atoms with Crippen LogP contribution < -0.4 is 0 Å². The van der Waals surface area contributed by atoms with E-state index in [1.165, 1.54) is 4.57 Å². The van der Waals surface area contributed by atoms with Crippen molar-refractivity contribution in [1.82, 2.24) is 4.57 Å². The SMILES string of the molecule is O=P(O)(O)C(O)(Cn1c2c(c3ccccc31)CCSc1ccccc1-2)P(=O)(O)O. The molecule has 1 aliphatic heterocycles. The van der Waals surface area contributed by atoms with Gasteiger partial charge in [0.1, 0.15) is 0 Å². The Morgan fingerprint density at radius 1 is 0.966 bits per heavy atom. The van der Waals surface area contributed by atoms with Crippen molar-refractivity contribution in [2.45, 2.75) is 22.9 Å². The third kappa shape index (κ3) is 3.32. The Bertz CT molecular complexity index is 1170. The second-order valence-electron chi connectivity index (χ2n) is 6.89. The first kappa shape index (κ1) is 20.8. The molecular formula is C18H19NO7P2S. The van der Waals surface area contributed by atoms with Crippen LogP contribution in [0, 0.1) is 0 Å². The fourth-order valence-electron chi connectivity index (χ4n) is 3.72. The molecular weight excluding hydrogens is 436 g/mol. The van der Waals surface area contributed by atoms with E-state index in [4.69, 9.17) is 0 Å². The van der Waals surface area contributed by atoms with Crippen molar-refractivity contribution in [3.63, 3.8) is 0 Å². The van der Waals surface area contributed by atoms with Gasteiger partial charge >= 0.3 is 15.2 Å². The predicted molar refractivity (Wildman–Crippen MR) is 111 cm³/mol. The van der Waals surface area contributed by atoms with Crippen LogP contribution in [0.3, 0.4) is 0 Å². The van der Waals surface area contributed by atoms with E-state index in [1.807, 2.05) is 36.4 Å². The fraction of sp³-hybridized carbons (Fsp3) is 0.222. The monoisotopic (exact) mass is 455 g/mol. The standard InChI is InChI=1S/C18H19NO7P2S/c20-18(27(21,22)23,28(24,25)26)11-19-15-7-3-1-5-12(15)13-9-10-29-16-8-4-2-6-14(16)17(13)19/h1-8,20H,9-11H2,(H2,21,22,23)(H2,24,25,26). The summed E-state index contributed by atoms with van der Waals surface area (Å²) >= 11 is 1.63. The molecule has 11 heteroatoms. The summed E-state index contributed by atoms with van der Waals surface area (Å²) in [7, 11) is -11.2. The number of benzene rings is 2. The highest BCUT2D eigenvalue weighted by atomic mass is 32.2. The molecule has 0 fully saturated rings.